The number of carboxylic acid groups (broad SMARTS) is 1. The third-order valence-corrected chi connectivity index (χ3v) is 3.04. The molecule has 0 aromatic rings. The van der Waals surface area contributed by atoms with E-state index < -0.39 is 42.2 Å². The maximum atomic E-state index is 12.2. The Labute approximate surface area is 115 Å². The van der Waals surface area contributed by atoms with Crippen molar-refractivity contribution in [1.82, 2.24) is 10.2 Å². The van der Waals surface area contributed by atoms with Crippen molar-refractivity contribution < 1.29 is 24.3 Å². The van der Waals surface area contributed by atoms with E-state index in [1.54, 1.807) is 0 Å². The fraction of sp³-hybridized carbons (Fsp3) is 0.636. The first-order valence-electron chi connectivity index (χ1n) is 6.17. The van der Waals surface area contributed by atoms with Crippen LogP contribution in [0, 0.1) is 0 Å². The van der Waals surface area contributed by atoms with Crippen LogP contribution in [0.2, 0.25) is 0 Å². The van der Waals surface area contributed by atoms with Crippen molar-refractivity contribution in [2.45, 2.75) is 31.3 Å². The second-order valence-corrected chi connectivity index (χ2v) is 4.52. The Morgan fingerprint density at radius 1 is 1.35 bits per heavy atom. The molecule has 3 amide bonds. The highest BCUT2D eigenvalue weighted by Gasteiger charge is 2.37. The van der Waals surface area contributed by atoms with E-state index in [-0.39, 0.29) is 13.1 Å². The maximum Gasteiger partial charge on any atom is 0.326 e. The summed E-state index contributed by atoms with van der Waals surface area (Å²) in [6.45, 7) is -0.0749. The zero-order chi connectivity index (χ0) is 15.3. The molecule has 6 N–H and O–H groups in total. The van der Waals surface area contributed by atoms with Gasteiger partial charge in [-0.25, -0.2) is 4.79 Å². The fourth-order valence-corrected chi connectivity index (χ4v) is 2.14. The van der Waals surface area contributed by atoms with E-state index >= 15 is 0 Å². The third kappa shape index (κ3) is 3.92. The fourth-order valence-electron chi connectivity index (χ4n) is 2.14. The molecule has 0 unspecified atom stereocenters. The maximum absolute atomic E-state index is 12.2. The van der Waals surface area contributed by atoms with E-state index in [0.29, 0.717) is 12.8 Å². The number of hydrogen-bond acceptors (Lipinski definition) is 5. The van der Waals surface area contributed by atoms with Gasteiger partial charge in [-0.05, 0) is 12.8 Å². The summed E-state index contributed by atoms with van der Waals surface area (Å²) in [6.07, 6.45) is 0.499. The highest BCUT2D eigenvalue weighted by molar-refractivity contribution is 5.94. The standard InChI is InChI=1S/C11H18N4O5/c12-5-9(17)14-6(4-8(13)16)10(18)15-3-1-2-7(15)11(19)20/h6-7H,1-5,12H2,(H2,13,16)(H,14,17)(H,19,20)/t6-,7-/m0/s1. The van der Waals surface area contributed by atoms with Crippen LogP contribution in [-0.4, -0.2) is 58.9 Å². The summed E-state index contributed by atoms with van der Waals surface area (Å²) in [7, 11) is 0. The lowest BCUT2D eigenvalue weighted by atomic mass is 10.1. The van der Waals surface area contributed by atoms with Crippen LogP contribution < -0.4 is 16.8 Å². The van der Waals surface area contributed by atoms with E-state index in [1.165, 1.54) is 0 Å². The minimum absolute atomic E-state index is 0.267. The smallest absolute Gasteiger partial charge is 0.326 e. The van der Waals surface area contributed by atoms with Crippen LogP contribution in [0.5, 0.6) is 0 Å². The molecule has 1 aliphatic rings. The van der Waals surface area contributed by atoms with E-state index in [2.05, 4.69) is 5.32 Å². The first-order chi connectivity index (χ1) is 9.36. The number of carboxylic acids is 1. The molecule has 0 spiro atoms. The van der Waals surface area contributed by atoms with Crippen molar-refractivity contribution in [2.75, 3.05) is 13.1 Å². The van der Waals surface area contributed by atoms with Gasteiger partial charge in [0, 0.05) is 6.54 Å². The third-order valence-electron chi connectivity index (χ3n) is 3.04. The Morgan fingerprint density at radius 3 is 2.50 bits per heavy atom. The minimum atomic E-state index is -1.18. The molecule has 1 fully saturated rings. The van der Waals surface area contributed by atoms with Gasteiger partial charge in [0.2, 0.25) is 17.7 Å². The number of primary amides is 1. The number of rotatable bonds is 6. The van der Waals surface area contributed by atoms with Gasteiger partial charge >= 0.3 is 5.97 Å². The highest BCUT2D eigenvalue weighted by atomic mass is 16.4. The molecular weight excluding hydrogens is 268 g/mol. The summed E-state index contributed by atoms with van der Waals surface area (Å²) in [5.74, 6) is -3.13. The molecule has 1 rings (SSSR count). The predicted octanol–water partition coefficient (Wildman–Crippen LogP) is -2.62. The zero-order valence-corrected chi connectivity index (χ0v) is 10.9. The Balaban J connectivity index is 2.83. The first-order valence-corrected chi connectivity index (χ1v) is 6.17. The van der Waals surface area contributed by atoms with E-state index in [1.807, 2.05) is 0 Å². The van der Waals surface area contributed by atoms with Crippen molar-refractivity contribution in [3.05, 3.63) is 0 Å². The monoisotopic (exact) mass is 286 g/mol. The summed E-state index contributed by atoms with van der Waals surface area (Å²) in [4.78, 5) is 46.7. The quantitative estimate of drug-likeness (QED) is 0.419. The molecule has 0 aromatic heterocycles. The van der Waals surface area contributed by atoms with E-state index in [0.717, 1.165) is 4.90 Å². The molecular formula is C11H18N4O5. The molecule has 0 aliphatic carbocycles. The number of nitrogens with one attached hydrogen (secondary N) is 1. The van der Waals surface area contributed by atoms with Gasteiger partial charge in [-0.1, -0.05) is 0 Å². The second kappa shape index (κ2) is 6.85. The van der Waals surface area contributed by atoms with Crippen LogP contribution in [0.4, 0.5) is 0 Å². The summed E-state index contributed by atoms with van der Waals surface area (Å²) >= 11 is 0. The zero-order valence-electron chi connectivity index (χ0n) is 10.9. The SMILES string of the molecule is NCC(=O)N[C@@H](CC(N)=O)C(=O)N1CCC[C@H]1C(=O)O. The lowest BCUT2D eigenvalue weighted by molar-refractivity contribution is -0.149. The van der Waals surface area contributed by atoms with Gasteiger partial charge < -0.3 is 26.8 Å². The lowest BCUT2D eigenvalue weighted by Gasteiger charge is -2.26. The molecule has 20 heavy (non-hydrogen) atoms. The minimum Gasteiger partial charge on any atom is -0.480 e. The topological polar surface area (TPSA) is 156 Å². The van der Waals surface area contributed by atoms with Gasteiger partial charge in [-0.3, -0.25) is 14.4 Å². The molecule has 2 atom stereocenters. The van der Waals surface area contributed by atoms with Crippen LogP contribution >= 0.6 is 0 Å². The average Bonchev–Trinajstić information content (AvgIpc) is 2.85. The van der Waals surface area contributed by atoms with Crippen LogP contribution in [0.25, 0.3) is 0 Å². The van der Waals surface area contributed by atoms with Crippen molar-refractivity contribution in [3.63, 3.8) is 0 Å². The number of likely N-dealkylation sites (tertiary alicyclic amines) is 1. The van der Waals surface area contributed by atoms with Gasteiger partial charge in [-0.2, -0.15) is 0 Å². The van der Waals surface area contributed by atoms with Gasteiger partial charge in [0.05, 0.1) is 13.0 Å². The molecule has 0 radical (unpaired) electrons. The first kappa shape index (κ1) is 15.9. The molecule has 1 saturated heterocycles. The molecule has 112 valence electrons. The Morgan fingerprint density at radius 2 is 2.00 bits per heavy atom. The van der Waals surface area contributed by atoms with Crippen molar-refractivity contribution in [3.8, 4) is 0 Å². The molecule has 0 saturated carbocycles. The van der Waals surface area contributed by atoms with E-state index in [4.69, 9.17) is 16.6 Å². The Kier molecular flexibility index (Phi) is 5.44. The summed E-state index contributed by atoms with van der Waals surface area (Å²) in [6, 6.07) is -2.11. The van der Waals surface area contributed by atoms with E-state index in [9.17, 15) is 19.2 Å². The number of hydrogen-bond donors (Lipinski definition) is 4. The van der Waals surface area contributed by atoms with Gasteiger partial charge in [-0.15, -0.1) is 0 Å². The largest absolute Gasteiger partial charge is 0.480 e. The Hall–Kier alpha value is -2.16. The number of amides is 3. The number of carbonyl (C=O) groups excluding carboxylic acids is 3. The molecule has 1 heterocycles. The molecule has 9 nitrogen and oxygen atoms in total. The highest BCUT2D eigenvalue weighted by Crippen LogP contribution is 2.19. The van der Waals surface area contributed by atoms with Gasteiger partial charge in [0.1, 0.15) is 12.1 Å². The van der Waals surface area contributed by atoms with Crippen LogP contribution in [0.1, 0.15) is 19.3 Å². The summed E-state index contributed by atoms with van der Waals surface area (Å²) in [5, 5.41) is 11.3. The average molecular weight is 286 g/mol. The number of nitrogens with two attached hydrogens (primary N) is 2. The molecule has 0 aromatic carbocycles. The number of aliphatic carboxylic acids is 1. The molecule has 0 bridgehead atoms. The van der Waals surface area contributed by atoms with Crippen molar-refractivity contribution in [1.29, 1.82) is 0 Å². The molecule has 1 aliphatic heterocycles. The van der Waals surface area contributed by atoms with Crippen molar-refractivity contribution >= 4 is 23.7 Å². The van der Waals surface area contributed by atoms with Gasteiger partial charge in [0.15, 0.2) is 0 Å². The Bertz CT molecular complexity index is 425. The van der Waals surface area contributed by atoms with Crippen molar-refractivity contribution in [2.24, 2.45) is 11.5 Å². The van der Waals surface area contributed by atoms with Crippen LogP contribution in [-0.2, 0) is 19.2 Å². The number of nitrogens with zero attached hydrogens (tertiary/aromatic N) is 1. The van der Waals surface area contributed by atoms with Gasteiger partial charge in [0.25, 0.3) is 0 Å². The normalized spacial score (nSPS) is 19.4. The number of carbonyl (C=O) groups is 4. The molecule has 9 heteroatoms. The van der Waals surface area contributed by atoms with Crippen LogP contribution in [0.3, 0.4) is 0 Å². The predicted molar refractivity (Wildman–Crippen MR) is 67.2 cm³/mol. The summed E-state index contributed by atoms with van der Waals surface area (Å²) in [5.41, 5.74) is 10.2. The lowest BCUT2D eigenvalue weighted by Crippen LogP contribution is -2.53. The second-order valence-electron chi connectivity index (χ2n) is 4.52. The summed E-state index contributed by atoms with van der Waals surface area (Å²) < 4.78 is 0. The van der Waals surface area contributed by atoms with Crippen LogP contribution in [0.15, 0.2) is 0 Å².